The average Bonchev–Trinajstić information content (AvgIpc) is 2.60. The monoisotopic (exact) mass is 366 g/mol. The van der Waals surface area contributed by atoms with Crippen LogP contribution < -0.4 is 10.5 Å². The molecule has 1 aliphatic heterocycles. The molecule has 0 aliphatic carbocycles. The lowest BCUT2D eigenvalue weighted by atomic mass is 9.84. The smallest absolute Gasteiger partial charge is 0.336 e. The zero-order valence-corrected chi connectivity index (χ0v) is 15.7. The normalized spacial score (nSPS) is 17.5. The number of benzene rings is 2. The second-order valence-corrected chi connectivity index (χ2v) is 7.59. The molecule has 1 aliphatic rings. The van der Waals surface area contributed by atoms with Crippen LogP contribution in [0.4, 0.5) is 11.4 Å². The molecule has 0 spiro atoms. The molecule has 5 heteroatoms. The summed E-state index contributed by atoms with van der Waals surface area (Å²) in [5.41, 5.74) is 3.85. The Balaban J connectivity index is 2.04. The molecule has 0 saturated carbocycles. The van der Waals surface area contributed by atoms with Gasteiger partial charge in [-0.3, -0.25) is 4.99 Å². The molecule has 0 fully saturated rings. The molecule has 2 aromatic carbocycles. The van der Waals surface area contributed by atoms with Crippen molar-refractivity contribution in [3.8, 4) is 0 Å². The zero-order valence-electron chi connectivity index (χ0n) is 14.9. The maximum absolute atomic E-state index is 11.6. The van der Waals surface area contributed by atoms with Crippen LogP contribution in [0.5, 0.6) is 0 Å². The molecular formula is C21H19ClN2O2. The fourth-order valence-electron chi connectivity index (χ4n) is 3.45. The molecule has 0 saturated heterocycles. The Morgan fingerprint density at radius 3 is 2.65 bits per heavy atom. The summed E-state index contributed by atoms with van der Waals surface area (Å²) in [6, 6.07) is 14.7. The van der Waals surface area contributed by atoms with E-state index in [0.717, 1.165) is 34.5 Å². The van der Waals surface area contributed by atoms with Crippen LogP contribution in [0.2, 0.25) is 5.02 Å². The minimum Gasteiger partial charge on any atom is -0.423 e. The van der Waals surface area contributed by atoms with Gasteiger partial charge < -0.3 is 9.32 Å². The summed E-state index contributed by atoms with van der Waals surface area (Å²) in [6.45, 7) is 4.38. The van der Waals surface area contributed by atoms with Crippen molar-refractivity contribution in [1.29, 1.82) is 0 Å². The summed E-state index contributed by atoms with van der Waals surface area (Å²) in [4.78, 5) is 18.8. The third-order valence-corrected chi connectivity index (χ3v) is 5.37. The van der Waals surface area contributed by atoms with Gasteiger partial charge in [0, 0.05) is 41.7 Å². The Kier molecular flexibility index (Phi) is 3.88. The number of para-hydroxylation sites is 1. The van der Waals surface area contributed by atoms with Gasteiger partial charge in [-0.25, -0.2) is 4.79 Å². The Labute approximate surface area is 156 Å². The van der Waals surface area contributed by atoms with E-state index in [0.29, 0.717) is 10.6 Å². The first-order valence-electron chi connectivity index (χ1n) is 8.50. The van der Waals surface area contributed by atoms with E-state index in [1.165, 1.54) is 6.07 Å². The molecular weight excluding hydrogens is 348 g/mol. The van der Waals surface area contributed by atoms with Crippen LogP contribution >= 0.6 is 11.6 Å². The number of rotatable bonds is 1. The standard InChI is InChI=1S/C21H19ClN2O2/c1-21(2)12-16(23-15-7-5-4-6-14(15)22)20-13-8-11-19(25)26-18(13)10-9-17(20)24(21)3/h4-11H,12H2,1-3H3. The lowest BCUT2D eigenvalue weighted by Gasteiger charge is -2.43. The summed E-state index contributed by atoms with van der Waals surface area (Å²) in [5, 5.41) is 1.50. The Morgan fingerprint density at radius 1 is 1.12 bits per heavy atom. The fourth-order valence-corrected chi connectivity index (χ4v) is 3.62. The van der Waals surface area contributed by atoms with E-state index >= 15 is 0 Å². The van der Waals surface area contributed by atoms with Crippen LogP contribution in [0, 0.1) is 0 Å². The van der Waals surface area contributed by atoms with Crippen molar-refractivity contribution in [2.24, 2.45) is 4.99 Å². The van der Waals surface area contributed by atoms with Gasteiger partial charge >= 0.3 is 5.63 Å². The van der Waals surface area contributed by atoms with Crippen molar-refractivity contribution in [3.63, 3.8) is 0 Å². The van der Waals surface area contributed by atoms with Crippen molar-refractivity contribution in [2.75, 3.05) is 11.9 Å². The minimum atomic E-state index is -0.355. The highest BCUT2D eigenvalue weighted by Gasteiger charge is 2.35. The van der Waals surface area contributed by atoms with E-state index in [1.807, 2.05) is 42.5 Å². The maximum Gasteiger partial charge on any atom is 0.336 e. The average molecular weight is 367 g/mol. The molecule has 0 bridgehead atoms. The van der Waals surface area contributed by atoms with Gasteiger partial charge in [-0.15, -0.1) is 0 Å². The maximum atomic E-state index is 11.6. The van der Waals surface area contributed by atoms with E-state index < -0.39 is 0 Å². The number of halogens is 1. The molecule has 0 N–H and O–H groups in total. The topological polar surface area (TPSA) is 45.8 Å². The van der Waals surface area contributed by atoms with E-state index in [2.05, 4.69) is 25.8 Å². The highest BCUT2D eigenvalue weighted by atomic mass is 35.5. The van der Waals surface area contributed by atoms with Gasteiger partial charge in [-0.05, 0) is 44.2 Å². The third-order valence-electron chi connectivity index (χ3n) is 5.05. The largest absolute Gasteiger partial charge is 0.423 e. The van der Waals surface area contributed by atoms with Crippen LogP contribution in [0.25, 0.3) is 11.0 Å². The molecule has 0 radical (unpaired) electrons. The van der Waals surface area contributed by atoms with Crippen molar-refractivity contribution in [2.45, 2.75) is 25.8 Å². The summed E-state index contributed by atoms with van der Waals surface area (Å²) in [6.07, 6.45) is 0.750. The molecule has 0 atom stereocenters. The number of fused-ring (bicyclic) bond motifs is 3. The van der Waals surface area contributed by atoms with Gasteiger partial charge in [-0.2, -0.15) is 0 Å². The molecule has 26 heavy (non-hydrogen) atoms. The van der Waals surface area contributed by atoms with Crippen LogP contribution in [0.3, 0.4) is 0 Å². The molecule has 0 unspecified atom stereocenters. The number of anilines is 1. The van der Waals surface area contributed by atoms with Crippen LogP contribution in [-0.2, 0) is 0 Å². The number of hydrogen-bond donors (Lipinski definition) is 0. The lowest BCUT2D eigenvalue weighted by molar-refractivity contribution is 0.498. The first-order valence-corrected chi connectivity index (χ1v) is 8.88. The van der Waals surface area contributed by atoms with E-state index in [1.54, 1.807) is 0 Å². The van der Waals surface area contributed by atoms with Gasteiger partial charge in [0.2, 0.25) is 0 Å². The van der Waals surface area contributed by atoms with Gasteiger partial charge in [-0.1, -0.05) is 23.7 Å². The van der Waals surface area contributed by atoms with E-state index in [-0.39, 0.29) is 11.2 Å². The molecule has 2 heterocycles. The van der Waals surface area contributed by atoms with Crippen LogP contribution in [0.1, 0.15) is 25.8 Å². The van der Waals surface area contributed by atoms with Crippen LogP contribution in [-0.4, -0.2) is 18.3 Å². The SMILES string of the molecule is CN1c2ccc3oc(=O)ccc3c2C(=Nc2ccccc2Cl)CC1(C)C. The molecule has 0 amide bonds. The Hall–Kier alpha value is -2.59. The fraction of sp³-hybridized carbons (Fsp3) is 0.238. The van der Waals surface area contributed by atoms with Gasteiger partial charge in [0.15, 0.2) is 0 Å². The van der Waals surface area contributed by atoms with Crippen molar-refractivity contribution in [1.82, 2.24) is 0 Å². The third kappa shape index (κ3) is 2.71. The zero-order chi connectivity index (χ0) is 18.5. The summed E-state index contributed by atoms with van der Waals surface area (Å²) >= 11 is 6.33. The first-order chi connectivity index (χ1) is 12.4. The minimum absolute atomic E-state index is 0.101. The highest BCUT2D eigenvalue weighted by Crippen LogP contribution is 2.40. The quantitative estimate of drug-likeness (QED) is 0.557. The summed E-state index contributed by atoms with van der Waals surface area (Å²) < 4.78 is 5.38. The van der Waals surface area contributed by atoms with Crippen molar-refractivity contribution < 1.29 is 4.42 Å². The summed E-state index contributed by atoms with van der Waals surface area (Å²) in [7, 11) is 2.08. The number of nitrogens with zero attached hydrogens (tertiary/aromatic N) is 2. The first kappa shape index (κ1) is 16.9. The second kappa shape index (κ2) is 5.99. The Bertz CT molecular complexity index is 1100. The second-order valence-electron chi connectivity index (χ2n) is 7.18. The molecule has 1 aromatic heterocycles. The Morgan fingerprint density at radius 2 is 1.88 bits per heavy atom. The highest BCUT2D eigenvalue weighted by molar-refractivity contribution is 6.33. The summed E-state index contributed by atoms with van der Waals surface area (Å²) in [5.74, 6) is 0. The predicted octanol–water partition coefficient (Wildman–Crippen LogP) is 5.19. The number of aliphatic imine (C=N–C) groups is 1. The molecule has 3 aromatic rings. The van der Waals surface area contributed by atoms with E-state index in [9.17, 15) is 4.79 Å². The van der Waals surface area contributed by atoms with Gasteiger partial charge in [0.25, 0.3) is 0 Å². The molecule has 4 nitrogen and oxygen atoms in total. The molecule has 132 valence electrons. The van der Waals surface area contributed by atoms with Gasteiger partial charge in [0.1, 0.15) is 5.58 Å². The van der Waals surface area contributed by atoms with Crippen LogP contribution in [0.15, 0.2) is 62.7 Å². The lowest BCUT2D eigenvalue weighted by Crippen LogP contribution is -2.47. The number of hydrogen-bond acceptors (Lipinski definition) is 4. The van der Waals surface area contributed by atoms with Crippen molar-refractivity contribution in [3.05, 3.63) is 69.5 Å². The predicted molar refractivity (Wildman–Crippen MR) is 107 cm³/mol. The molecule has 4 rings (SSSR count). The van der Waals surface area contributed by atoms with Gasteiger partial charge in [0.05, 0.1) is 16.4 Å². The van der Waals surface area contributed by atoms with Crippen molar-refractivity contribution >= 4 is 39.7 Å². The van der Waals surface area contributed by atoms with E-state index in [4.69, 9.17) is 21.0 Å².